The van der Waals surface area contributed by atoms with Crippen LogP contribution in [0.25, 0.3) is 0 Å². The van der Waals surface area contributed by atoms with Crippen LogP contribution in [0.3, 0.4) is 0 Å². The first-order valence-corrected chi connectivity index (χ1v) is 4.89. The fourth-order valence-corrected chi connectivity index (χ4v) is 0.671. The largest absolute Gasteiger partial charge is 1.00 e. The van der Waals surface area contributed by atoms with Crippen molar-refractivity contribution in [2.45, 2.75) is 0 Å². The van der Waals surface area contributed by atoms with Gasteiger partial charge >= 0.3 is 0 Å². The van der Waals surface area contributed by atoms with Crippen LogP contribution in [0, 0.1) is 0 Å². The Morgan fingerprint density at radius 2 is 1.22 bits per heavy atom. The average Bonchev–Trinajstić information content (AvgIpc) is 1.87. The summed E-state index contributed by atoms with van der Waals surface area (Å²) in [5, 5.41) is 0. The van der Waals surface area contributed by atoms with Crippen LogP contribution in [-0.2, 0) is 0 Å². The van der Waals surface area contributed by atoms with Gasteiger partial charge in [0, 0.05) is 0 Å². The molecular formula is C7H12BrP. The van der Waals surface area contributed by atoms with E-state index in [4.69, 9.17) is 0 Å². The second kappa shape index (κ2) is 4.96. The maximum absolute atomic E-state index is 3.68. The maximum Gasteiger partial charge on any atom is 0.0843 e. The average molecular weight is 207 g/mol. The molecule has 0 fully saturated rings. The number of rotatable bonds is 3. The quantitative estimate of drug-likeness (QED) is 0.574. The highest BCUT2D eigenvalue weighted by molar-refractivity contribution is 7.83. The third kappa shape index (κ3) is 3.66. The molecular weight excluding hydrogens is 195 g/mol. The van der Waals surface area contributed by atoms with Gasteiger partial charge < -0.3 is 17.0 Å². The first-order chi connectivity index (χ1) is 3.68. The van der Waals surface area contributed by atoms with Crippen LogP contribution in [0.1, 0.15) is 0 Å². The molecule has 9 heavy (non-hydrogen) atoms. The van der Waals surface area contributed by atoms with Gasteiger partial charge in [-0.2, -0.15) is 0 Å². The molecule has 0 saturated carbocycles. The Labute approximate surface area is 68.5 Å². The molecule has 0 radical (unpaired) electrons. The minimum absolute atomic E-state index is 0. The van der Waals surface area contributed by atoms with Gasteiger partial charge in [0.25, 0.3) is 0 Å². The van der Waals surface area contributed by atoms with Gasteiger partial charge in [0.05, 0.1) is 31.4 Å². The Morgan fingerprint density at radius 1 is 1.00 bits per heavy atom. The molecule has 0 rings (SSSR count). The maximum atomic E-state index is 3.68. The zero-order valence-corrected chi connectivity index (χ0v) is 8.16. The molecule has 0 N–H and O–H groups in total. The molecule has 0 aromatic rings. The first kappa shape index (κ1) is 11.9. The molecule has 0 amide bonds. The molecule has 0 aromatic carbocycles. The van der Waals surface area contributed by atoms with E-state index in [1.807, 2.05) is 17.5 Å². The Kier molecular flexibility index (Phi) is 6.54. The highest BCUT2D eigenvalue weighted by Gasteiger charge is 2.16. The van der Waals surface area contributed by atoms with Crippen LogP contribution in [-0.4, -0.2) is 6.66 Å². The van der Waals surface area contributed by atoms with E-state index in [1.54, 1.807) is 0 Å². The standard InChI is InChI=1S/C7H12P.BrH/c1-5-8(4,6-2)7-3;/h5-7H,1-3H2,4H3;1H/q+1;/p-1. The molecule has 0 aromatic heterocycles. The van der Waals surface area contributed by atoms with Crippen LogP contribution in [0.4, 0.5) is 0 Å². The van der Waals surface area contributed by atoms with Gasteiger partial charge in [-0.1, -0.05) is 19.7 Å². The summed E-state index contributed by atoms with van der Waals surface area (Å²) in [5.41, 5.74) is 0. The predicted molar refractivity (Wildman–Crippen MR) is 43.4 cm³/mol. The number of hydrogen-bond donors (Lipinski definition) is 0. The molecule has 52 valence electrons. The van der Waals surface area contributed by atoms with Gasteiger partial charge in [-0.15, -0.1) is 0 Å². The Balaban J connectivity index is 0. The zero-order valence-electron chi connectivity index (χ0n) is 5.68. The van der Waals surface area contributed by atoms with Crippen molar-refractivity contribution < 1.29 is 17.0 Å². The second-order valence-electron chi connectivity index (χ2n) is 1.77. The molecule has 0 aliphatic rings. The Bertz CT molecular complexity index is 96.3. The SMILES string of the molecule is C=C[P+](C)(C=C)C=C.[Br-]. The highest BCUT2D eigenvalue weighted by atomic mass is 79.9. The van der Waals surface area contributed by atoms with Crippen molar-refractivity contribution in [1.29, 1.82) is 0 Å². The third-order valence-electron chi connectivity index (χ3n) is 1.18. The third-order valence-corrected chi connectivity index (χ3v) is 3.54. The molecule has 0 spiro atoms. The van der Waals surface area contributed by atoms with Gasteiger partial charge in [0.2, 0.25) is 0 Å². The summed E-state index contributed by atoms with van der Waals surface area (Å²) in [4.78, 5) is 0. The van der Waals surface area contributed by atoms with Crippen molar-refractivity contribution in [3.05, 3.63) is 37.2 Å². The summed E-state index contributed by atoms with van der Waals surface area (Å²) in [6, 6.07) is 0. The van der Waals surface area contributed by atoms with Gasteiger partial charge in [-0.05, 0) is 0 Å². The molecule has 0 unspecified atom stereocenters. The molecule has 0 aliphatic heterocycles. The lowest BCUT2D eigenvalue weighted by Gasteiger charge is -2.03. The molecule has 0 saturated heterocycles. The lowest BCUT2D eigenvalue weighted by atomic mass is 11.2. The van der Waals surface area contributed by atoms with Crippen molar-refractivity contribution in [2.24, 2.45) is 0 Å². The van der Waals surface area contributed by atoms with Crippen LogP contribution >= 0.6 is 7.26 Å². The van der Waals surface area contributed by atoms with Crippen molar-refractivity contribution >= 4 is 7.26 Å². The molecule has 0 bridgehead atoms. The van der Waals surface area contributed by atoms with Crippen LogP contribution < -0.4 is 17.0 Å². The summed E-state index contributed by atoms with van der Waals surface area (Å²) in [6.45, 7) is 13.2. The summed E-state index contributed by atoms with van der Waals surface area (Å²) in [5.74, 6) is 5.77. The fourth-order valence-electron chi connectivity index (χ4n) is 0.224. The van der Waals surface area contributed by atoms with E-state index in [0.29, 0.717) is 0 Å². The summed E-state index contributed by atoms with van der Waals surface area (Å²) < 4.78 is 0. The predicted octanol–water partition coefficient (Wildman–Crippen LogP) is 0.0683. The monoisotopic (exact) mass is 206 g/mol. The van der Waals surface area contributed by atoms with E-state index in [0.717, 1.165) is 0 Å². The van der Waals surface area contributed by atoms with E-state index < -0.39 is 7.26 Å². The molecule has 2 heteroatoms. The normalized spacial score (nSPS) is 9.00. The van der Waals surface area contributed by atoms with Crippen LogP contribution in [0.2, 0.25) is 0 Å². The van der Waals surface area contributed by atoms with Crippen molar-refractivity contribution in [1.82, 2.24) is 0 Å². The molecule has 0 aliphatic carbocycles. The lowest BCUT2D eigenvalue weighted by Crippen LogP contribution is -3.00. The minimum Gasteiger partial charge on any atom is -1.00 e. The summed E-state index contributed by atoms with van der Waals surface area (Å²) in [6.07, 6.45) is 0. The smallest absolute Gasteiger partial charge is 0.0843 e. The van der Waals surface area contributed by atoms with Gasteiger partial charge in [0.15, 0.2) is 0 Å². The van der Waals surface area contributed by atoms with Crippen molar-refractivity contribution in [3.8, 4) is 0 Å². The Hall–Kier alpha value is 0.130. The number of hydrogen-bond acceptors (Lipinski definition) is 0. The van der Waals surface area contributed by atoms with E-state index in [9.17, 15) is 0 Å². The van der Waals surface area contributed by atoms with Crippen LogP contribution in [0.5, 0.6) is 0 Å². The lowest BCUT2D eigenvalue weighted by molar-refractivity contribution is -0.00000178. The topological polar surface area (TPSA) is 0 Å². The highest BCUT2D eigenvalue weighted by Crippen LogP contribution is 2.58. The van der Waals surface area contributed by atoms with Crippen LogP contribution in [0.15, 0.2) is 37.2 Å². The Morgan fingerprint density at radius 3 is 1.22 bits per heavy atom. The van der Waals surface area contributed by atoms with E-state index in [2.05, 4.69) is 26.4 Å². The molecule has 0 nitrogen and oxygen atoms in total. The zero-order chi connectivity index (χ0) is 6.62. The minimum atomic E-state index is -1.12. The summed E-state index contributed by atoms with van der Waals surface area (Å²) >= 11 is 0. The van der Waals surface area contributed by atoms with Crippen molar-refractivity contribution in [3.63, 3.8) is 0 Å². The van der Waals surface area contributed by atoms with Crippen molar-refractivity contribution in [2.75, 3.05) is 6.66 Å². The first-order valence-electron chi connectivity index (χ1n) is 2.45. The van der Waals surface area contributed by atoms with E-state index in [1.165, 1.54) is 0 Å². The van der Waals surface area contributed by atoms with Gasteiger partial charge in [-0.25, -0.2) is 0 Å². The second-order valence-corrected chi connectivity index (χ2v) is 5.31. The van der Waals surface area contributed by atoms with E-state index in [-0.39, 0.29) is 17.0 Å². The number of halogens is 1. The van der Waals surface area contributed by atoms with E-state index >= 15 is 0 Å². The fraction of sp³-hybridized carbons (Fsp3) is 0.143. The molecule has 0 heterocycles. The molecule has 0 atom stereocenters. The van der Waals surface area contributed by atoms with Gasteiger partial charge in [0.1, 0.15) is 0 Å². The summed E-state index contributed by atoms with van der Waals surface area (Å²) in [7, 11) is -1.12. The van der Waals surface area contributed by atoms with Gasteiger partial charge in [-0.3, -0.25) is 0 Å².